The van der Waals surface area contributed by atoms with Gasteiger partial charge in [-0.1, -0.05) is 18.9 Å². The van der Waals surface area contributed by atoms with E-state index in [9.17, 15) is 4.39 Å². The average molecular weight is 329 g/mol. The molecule has 2 heterocycles. The van der Waals surface area contributed by atoms with E-state index in [2.05, 4.69) is 14.9 Å². The van der Waals surface area contributed by atoms with Gasteiger partial charge < -0.3 is 15.2 Å². The molecule has 0 bridgehead atoms. The Labute approximate surface area is 142 Å². The van der Waals surface area contributed by atoms with Gasteiger partial charge in [0.2, 0.25) is 0 Å². The van der Waals surface area contributed by atoms with Crippen molar-refractivity contribution < 1.29 is 4.39 Å². The molecule has 1 aliphatic rings. The number of hydrogen-bond acceptors (Lipinski definition) is 2. The highest BCUT2D eigenvalue weighted by molar-refractivity contribution is 5.78. The normalized spacial score (nSPS) is 16.2. The van der Waals surface area contributed by atoms with Crippen molar-refractivity contribution >= 4 is 5.96 Å². The summed E-state index contributed by atoms with van der Waals surface area (Å²) in [5, 5.41) is 0. The minimum atomic E-state index is -0.280. The SMILES string of the molecule is Cc1nccn1-c1ccc(CN=C(N)N2CCCCCC2)cc1F. The minimum absolute atomic E-state index is 0.280. The molecule has 0 amide bonds. The molecule has 0 saturated carbocycles. The number of likely N-dealkylation sites (tertiary alicyclic amines) is 1. The van der Waals surface area contributed by atoms with Gasteiger partial charge in [0.25, 0.3) is 0 Å². The third kappa shape index (κ3) is 3.75. The second-order valence-corrected chi connectivity index (χ2v) is 6.21. The fourth-order valence-electron chi connectivity index (χ4n) is 3.05. The van der Waals surface area contributed by atoms with Gasteiger partial charge in [0.1, 0.15) is 11.6 Å². The lowest BCUT2D eigenvalue weighted by Crippen LogP contribution is -2.38. The van der Waals surface area contributed by atoms with E-state index in [0.29, 0.717) is 18.2 Å². The highest BCUT2D eigenvalue weighted by atomic mass is 19.1. The van der Waals surface area contributed by atoms with Gasteiger partial charge in [-0.05, 0) is 37.5 Å². The van der Waals surface area contributed by atoms with Crippen LogP contribution in [-0.4, -0.2) is 33.5 Å². The van der Waals surface area contributed by atoms with Crippen LogP contribution in [0.15, 0.2) is 35.6 Å². The van der Waals surface area contributed by atoms with Crippen LogP contribution in [-0.2, 0) is 6.54 Å². The third-order valence-corrected chi connectivity index (χ3v) is 4.45. The standard InChI is InChI=1S/C18H24FN5/c1-14-21-8-11-24(14)17-7-6-15(12-16(17)19)13-22-18(20)23-9-4-2-3-5-10-23/h6-8,11-12H,2-5,9-10,13H2,1H3,(H2,20,22). The van der Waals surface area contributed by atoms with Crippen molar-refractivity contribution in [3.63, 3.8) is 0 Å². The van der Waals surface area contributed by atoms with Gasteiger partial charge in [-0.2, -0.15) is 0 Å². The van der Waals surface area contributed by atoms with Crippen molar-refractivity contribution in [2.75, 3.05) is 13.1 Å². The van der Waals surface area contributed by atoms with E-state index in [1.165, 1.54) is 18.9 Å². The molecule has 24 heavy (non-hydrogen) atoms. The molecule has 1 aromatic heterocycles. The number of guanidine groups is 1. The zero-order valence-electron chi connectivity index (χ0n) is 14.1. The molecular formula is C18H24FN5. The van der Waals surface area contributed by atoms with Crippen LogP contribution in [0.5, 0.6) is 0 Å². The summed E-state index contributed by atoms with van der Waals surface area (Å²) in [7, 11) is 0. The van der Waals surface area contributed by atoms with Gasteiger partial charge in [0.15, 0.2) is 5.96 Å². The summed E-state index contributed by atoms with van der Waals surface area (Å²) in [5.41, 5.74) is 7.41. The molecule has 5 nitrogen and oxygen atoms in total. The monoisotopic (exact) mass is 329 g/mol. The van der Waals surface area contributed by atoms with E-state index in [0.717, 1.165) is 37.3 Å². The van der Waals surface area contributed by atoms with Crippen LogP contribution in [0.2, 0.25) is 0 Å². The maximum Gasteiger partial charge on any atom is 0.191 e. The van der Waals surface area contributed by atoms with Gasteiger partial charge in [0, 0.05) is 25.5 Å². The molecule has 3 rings (SSSR count). The van der Waals surface area contributed by atoms with Gasteiger partial charge in [0.05, 0.1) is 12.2 Å². The molecule has 2 N–H and O–H groups in total. The number of aryl methyl sites for hydroxylation is 1. The number of rotatable bonds is 3. The lowest BCUT2D eigenvalue weighted by atomic mass is 10.2. The summed E-state index contributed by atoms with van der Waals surface area (Å²) in [4.78, 5) is 10.7. The largest absolute Gasteiger partial charge is 0.370 e. The first-order valence-corrected chi connectivity index (χ1v) is 8.49. The fourth-order valence-corrected chi connectivity index (χ4v) is 3.05. The lowest BCUT2D eigenvalue weighted by molar-refractivity contribution is 0.428. The molecular weight excluding hydrogens is 305 g/mol. The molecule has 1 aliphatic heterocycles. The molecule has 0 aliphatic carbocycles. The van der Waals surface area contributed by atoms with E-state index in [1.807, 2.05) is 13.0 Å². The Kier molecular flexibility index (Phi) is 5.13. The van der Waals surface area contributed by atoms with E-state index in [1.54, 1.807) is 23.0 Å². The summed E-state index contributed by atoms with van der Waals surface area (Å²) in [5.74, 6) is 1.04. The highest BCUT2D eigenvalue weighted by Crippen LogP contribution is 2.17. The molecule has 128 valence electrons. The quantitative estimate of drug-likeness (QED) is 0.695. The topological polar surface area (TPSA) is 59.4 Å². The predicted octanol–water partition coefficient (Wildman–Crippen LogP) is 3.01. The molecule has 1 saturated heterocycles. The van der Waals surface area contributed by atoms with Crippen molar-refractivity contribution in [2.45, 2.75) is 39.2 Å². The summed E-state index contributed by atoms with van der Waals surface area (Å²) in [6.07, 6.45) is 8.24. The third-order valence-electron chi connectivity index (χ3n) is 4.45. The molecule has 1 aromatic carbocycles. The van der Waals surface area contributed by atoms with Crippen LogP contribution >= 0.6 is 0 Å². The van der Waals surface area contributed by atoms with Crippen LogP contribution in [0, 0.1) is 12.7 Å². The summed E-state index contributed by atoms with van der Waals surface area (Å²) < 4.78 is 16.1. The first-order valence-electron chi connectivity index (χ1n) is 8.49. The van der Waals surface area contributed by atoms with Gasteiger partial charge in [-0.3, -0.25) is 0 Å². The number of nitrogens with zero attached hydrogens (tertiary/aromatic N) is 4. The van der Waals surface area contributed by atoms with Gasteiger partial charge in [-0.25, -0.2) is 14.4 Å². The highest BCUT2D eigenvalue weighted by Gasteiger charge is 2.11. The maximum absolute atomic E-state index is 14.4. The van der Waals surface area contributed by atoms with Crippen molar-refractivity contribution in [1.82, 2.24) is 14.5 Å². The Hall–Kier alpha value is -2.37. The van der Waals surface area contributed by atoms with Crippen molar-refractivity contribution in [3.8, 4) is 5.69 Å². The molecule has 2 aromatic rings. The zero-order chi connectivity index (χ0) is 16.9. The van der Waals surface area contributed by atoms with Gasteiger partial charge in [-0.15, -0.1) is 0 Å². The fraction of sp³-hybridized carbons (Fsp3) is 0.444. The second kappa shape index (κ2) is 7.47. The lowest BCUT2D eigenvalue weighted by Gasteiger charge is -2.21. The summed E-state index contributed by atoms with van der Waals surface area (Å²) >= 11 is 0. The van der Waals surface area contributed by atoms with Crippen LogP contribution < -0.4 is 5.73 Å². The number of imidazole rings is 1. The number of halogens is 1. The Morgan fingerprint density at radius 2 is 2.00 bits per heavy atom. The molecule has 1 fully saturated rings. The Morgan fingerprint density at radius 3 is 2.62 bits per heavy atom. The molecule has 0 atom stereocenters. The van der Waals surface area contributed by atoms with Crippen LogP contribution in [0.1, 0.15) is 37.1 Å². The first-order chi connectivity index (χ1) is 11.6. The van der Waals surface area contributed by atoms with Crippen molar-refractivity contribution in [2.24, 2.45) is 10.7 Å². The Morgan fingerprint density at radius 1 is 1.25 bits per heavy atom. The second-order valence-electron chi connectivity index (χ2n) is 6.21. The Balaban J connectivity index is 1.70. The number of nitrogens with two attached hydrogens (primary N) is 1. The zero-order valence-corrected chi connectivity index (χ0v) is 14.1. The average Bonchev–Trinajstić information content (AvgIpc) is 2.84. The number of benzene rings is 1. The number of hydrogen-bond donors (Lipinski definition) is 1. The predicted molar refractivity (Wildman–Crippen MR) is 93.6 cm³/mol. The molecule has 0 spiro atoms. The van der Waals surface area contributed by atoms with E-state index >= 15 is 0 Å². The molecule has 0 radical (unpaired) electrons. The van der Waals surface area contributed by atoms with E-state index < -0.39 is 0 Å². The van der Waals surface area contributed by atoms with E-state index in [-0.39, 0.29) is 5.82 Å². The van der Waals surface area contributed by atoms with Crippen LogP contribution in [0.25, 0.3) is 5.69 Å². The van der Waals surface area contributed by atoms with Gasteiger partial charge >= 0.3 is 0 Å². The minimum Gasteiger partial charge on any atom is -0.370 e. The van der Waals surface area contributed by atoms with Crippen LogP contribution in [0.3, 0.4) is 0 Å². The maximum atomic E-state index is 14.4. The smallest absolute Gasteiger partial charge is 0.191 e. The van der Waals surface area contributed by atoms with E-state index in [4.69, 9.17) is 5.73 Å². The van der Waals surface area contributed by atoms with Crippen LogP contribution in [0.4, 0.5) is 4.39 Å². The molecule has 6 heteroatoms. The Bertz CT molecular complexity index is 714. The summed E-state index contributed by atoms with van der Waals surface area (Å²) in [6, 6.07) is 5.17. The van der Waals surface area contributed by atoms with Crippen molar-refractivity contribution in [3.05, 3.63) is 47.8 Å². The van der Waals surface area contributed by atoms with Crippen molar-refractivity contribution in [1.29, 1.82) is 0 Å². The number of aromatic nitrogens is 2. The number of aliphatic imine (C=N–C) groups is 1. The summed E-state index contributed by atoms with van der Waals surface area (Å²) in [6.45, 7) is 4.16. The molecule has 0 unspecified atom stereocenters. The first kappa shape index (κ1) is 16.5.